The molecular weight excluding hydrogens is 532 g/mol. The van der Waals surface area contributed by atoms with Crippen LogP contribution in [-0.4, -0.2) is 55.5 Å². The molecule has 3 N–H and O–H groups in total. The van der Waals surface area contributed by atoms with Gasteiger partial charge in [0.1, 0.15) is 0 Å². The van der Waals surface area contributed by atoms with Gasteiger partial charge in [0, 0.05) is 50.4 Å². The number of unbranched alkanes of at least 4 members (excludes halogenated alkanes) is 2. The van der Waals surface area contributed by atoms with Gasteiger partial charge in [0.05, 0.1) is 18.8 Å². The molecule has 12 heteroatoms. The molecule has 2 aromatic carbocycles. The third kappa shape index (κ3) is 8.85. The Kier molecular flexibility index (Phi) is 11.0. The Labute approximate surface area is 238 Å². The van der Waals surface area contributed by atoms with E-state index in [-0.39, 0.29) is 30.6 Å². The molecule has 0 bridgehead atoms. The lowest BCUT2D eigenvalue weighted by molar-refractivity contribution is -0.245. The number of anilines is 1. The molecule has 1 saturated heterocycles. The summed E-state index contributed by atoms with van der Waals surface area (Å²) >= 11 is 1.53. The predicted octanol–water partition coefficient (Wildman–Crippen LogP) is 3.68. The van der Waals surface area contributed by atoms with Crippen molar-refractivity contribution in [3.8, 4) is 0 Å². The van der Waals surface area contributed by atoms with Crippen molar-refractivity contribution in [1.82, 2.24) is 25.5 Å². The summed E-state index contributed by atoms with van der Waals surface area (Å²) in [7, 11) is 1.80. The number of carbonyl (C=O) groups excluding carboxylic acids is 2. The summed E-state index contributed by atoms with van der Waals surface area (Å²) in [5.74, 6) is 0.573. The number of aryl methyl sites for hydroxylation is 1. The summed E-state index contributed by atoms with van der Waals surface area (Å²) < 4.78 is 14.4. The third-order valence-electron chi connectivity index (χ3n) is 6.52. The van der Waals surface area contributed by atoms with Gasteiger partial charge in [0.2, 0.25) is 17.0 Å². The Bertz CT molecular complexity index is 1240. The van der Waals surface area contributed by atoms with Gasteiger partial charge in [-0.05, 0) is 46.5 Å². The lowest BCUT2D eigenvalue weighted by atomic mass is 10.0. The minimum atomic E-state index is -0.590. The van der Waals surface area contributed by atoms with Gasteiger partial charge in [-0.25, -0.2) is 4.68 Å². The van der Waals surface area contributed by atoms with Crippen LogP contribution in [0.5, 0.6) is 0 Å². The fourth-order valence-corrected chi connectivity index (χ4v) is 5.20. The van der Waals surface area contributed by atoms with Gasteiger partial charge in [0.15, 0.2) is 6.29 Å². The number of carbonyl (C=O) groups is 2. The van der Waals surface area contributed by atoms with Crippen LogP contribution in [0.2, 0.25) is 0 Å². The summed E-state index contributed by atoms with van der Waals surface area (Å²) in [5.41, 5.74) is 3.42. The van der Waals surface area contributed by atoms with Crippen LogP contribution in [0, 0.1) is 0 Å². The average Bonchev–Trinajstić information content (AvgIpc) is 3.38. The van der Waals surface area contributed by atoms with E-state index in [9.17, 15) is 14.7 Å². The number of nitrogens with one attached hydrogen (secondary N) is 2. The van der Waals surface area contributed by atoms with Crippen molar-refractivity contribution < 1.29 is 24.2 Å². The first-order valence-corrected chi connectivity index (χ1v) is 14.4. The second-order valence-electron chi connectivity index (χ2n) is 9.71. The summed E-state index contributed by atoms with van der Waals surface area (Å²) in [5, 5.41) is 27.5. The van der Waals surface area contributed by atoms with Crippen molar-refractivity contribution in [2.75, 3.05) is 17.6 Å². The lowest BCUT2D eigenvalue weighted by Gasteiger charge is -2.36. The van der Waals surface area contributed by atoms with E-state index in [2.05, 4.69) is 26.2 Å². The Morgan fingerprint density at radius 2 is 1.80 bits per heavy atom. The van der Waals surface area contributed by atoms with Gasteiger partial charge < -0.3 is 25.2 Å². The highest BCUT2D eigenvalue weighted by Gasteiger charge is 2.32. The van der Waals surface area contributed by atoms with Crippen molar-refractivity contribution in [1.29, 1.82) is 0 Å². The number of benzene rings is 2. The zero-order chi connectivity index (χ0) is 28.3. The molecule has 1 aliphatic heterocycles. The molecule has 4 rings (SSSR count). The molecular formula is C28H36N6O5S. The van der Waals surface area contributed by atoms with E-state index >= 15 is 0 Å². The standard InChI is InChI=1S/C28H36N6O5S/c1-19(36)29-15-5-3-4-6-26(37)30-23-13-11-22(12-14-23)27-38-24(18-40-28-31-32-33-34(28)2)16-25(39-27)21-9-7-20(17-35)8-10-21/h7-14,24-25,27,35H,3-6,15-18H2,1-2H3,(H,29,36)(H,30,37). The lowest BCUT2D eigenvalue weighted by Crippen LogP contribution is -2.31. The maximum atomic E-state index is 12.4. The number of hydrogen-bond acceptors (Lipinski definition) is 9. The Hall–Kier alpha value is -3.32. The molecule has 214 valence electrons. The number of thioether (sulfide) groups is 1. The molecule has 2 heterocycles. The number of aliphatic hydroxyl groups is 1. The van der Waals surface area contributed by atoms with Crippen molar-refractivity contribution >= 4 is 29.3 Å². The fraction of sp³-hybridized carbons (Fsp3) is 0.464. The number of aromatic nitrogens is 4. The molecule has 1 aromatic heterocycles. The van der Waals surface area contributed by atoms with Crippen LogP contribution in [0.25, 0.3) is 0 Å². The molecule has 1 fully saturated rings. The second-order valence-corrected chi connectivity index (χ2v) is 10.7. The Morgan fingerprint density at radius 3 is 2.48 bits per heavy atom. The first kappa shape index (κ1) is 29.7. The number of ether oxygens (including phenoxy) is 2. The van der Waals surface area contributed by atoms with Crippen molar-refractivity contribution in [3.63, 3.8) is 0 Å². The quantitative estimate of drug-likeness (QED) is 0.208. The summed E-state index contributed by atoms with van der Waals surface area (Å²) in [6.45, 7) is 2.12. The van der Waals surface area contributed by atoms with E-state index in [0.717, 1.165) is 36.0 Å². The number of amides is 2. The van der Waals surface area contributed by atoms with E-state index in [1.807, 2.05) is 48.5 Å². The molecule has 0 radical (unpaired) electrons. The molecule has 0 spiro atoms. The first-order valence-electron chi connectivity index (χ1n) is 13.4. The van der Waals surface area contributed by atoms with Gasteiger partial charge in [-0.1, -0.05) is 54.6 Å². The van der Waals surface area contributed by atoms with Crippen LogP contribution < -0.4 is 10.6 Å². The first-order chi connectivity index (χ1) is 19.4. The molecule has 3 unspecified atom stereocenters. The SMILES string of the molecule is CC(=O)NCCCCCC(=O)Nc1ccc(C2OC(CSc3nnnn3C)CC(c3ccc(CO)cc3)O2)cc1. The van der Waals surface area contributed by atoms with E-state index in [0.29, 0.717) is 36.0 Å². The highest BCUT2D eigenvalue weighted by molar-refractivity contribution is 7.99. The minimum Gasteiger partial charge on any atom is -0.392 e. The number of aliphatic hydroxyl groups excluding tert-OH is 1. The average molecular weight is 569 g/mol. The molecule has 1 aliphatic rings. The van der Waals surface area contributed by atoms with Crippen molar-refractivity contribution in [2.45, 2.75) is 69.3 Å². The van der Waals surface area contributed by atoms with E-state index in [4.69, 9.17) is 9.47 Å². The highest BCUT2D eigenvalue weighted by atomic mass is 32.2. The molecule has 40 heavy (non-hydrogen) atoms. The monoisotopic (exact) mass is 568 g/mol. The highest BCUT2D eigenvalue weighted by Crippen LogP contribution is 2.39. The molecule has 11 nitrogen and oxygen atoms in total. The zero-order valence-corrected chi connectivity index (χ0v) is 23.6. The summed E-state index contributed by atoms with van der Waals surface area (Å²) in [4.78, 5) is 23.3. The Morgan fingerprint density at radius 1 is 1.05 bits per heavy atom. The second kappa shape index (κ2) is 14.9. The summed E-state index contributed by atoms with van der Waals surface area (Å²) in [6.07, 6.45) is 2.67. The van der Waals surface area contributed by atoms with Crippen LogP contribution in [0.1, 0.15) is 68.1 Å². The van der Waals surface area contributed by atoms with E-state index in [1.165, 1.54) is 18.7 Å². The Balaban J connectivity index is 1.35. The maximum absolute atomic E-state index is 12.4. The molecule has 0 saturated carbocycles. The van der Waals surface area contributed by atoms with Crippen LogP contribution >= 0.6 is 11.8 Å². The largest absolute Gasteiger partial charge is 0.392 e. The van der Waals surface area contributed by atoms with Gasteiger partial charge in [0.25, 0.3) is 0 Å². The van der Waals surface area contributed by atoms with Crippen LogP contribution in [0.15, 0.2) is 53.7 Å². The van der Waals surface area contributed by atoms with E-state index < -0.39 is 6.29 Å². The third-order valence-corrected chi connectivity index (χ3v) is 7.66. The van der Waals surface area contributed by atoms with Gasteiger partial charge >= 0.3 is 0 Å². The summed E-state index contributed by atoms with van der Waals surface area (Å²) in [6, 6.07) is 15.3. The van der Waals surface area contributed by atoms with Crippen LogP contribution in [0.4, 0.5) is 5.69 Å². The zero-order valence-electron chi connectivity index (χ0n) is 22.8. The smallest absolute Gasteiger partial charge is 0.224 e. The van der Waals surface area contributed by atoms with Crippen molar-refractivity contribution in [2.24, 2.45) is 7.05 Å². The van der Waals surface area contributed by atoms with Crippen LogP contribution in [0.3, 0.4) is 0 Å². The number of nitrogens with zero attached hydrogens (tertiary/aromatic N) is 4. The normalized spacial score (nSPS) is 18.8. The molecule has 3 atom stereocenters. The minimum absolute atomic E-state index is 0.00989. The van der Waals surface area contributed by atoms with Gasteiger partial charge in [-0.15, -0.1) is 5.10 Å². The fourth-order valence-electron chi connectivity index (χ4n) is 4.33. The van der Waals surface area contributed by atoms with Crippen LogP contribution in [-0.2, 0) is 32.7 Å². The van der Waals surface area contributed by atoms with Gasteiger partial charge in [-0.3, -0.25) is 9.59 Å². The number of rotatable bonds is 13. The van der Waals surface area contributed by atoms with Crippen molar-refractivity contribution in [3.05, 3.63) is 65.2 Å². The molecule has 2 amide bonds. The number of hydrogen-bond donors (Lipinski definition) is 3. The molecule has 0 aliphatic carbocycles. The maximum Gasteiger partial charge on any atom is 0.224 e. The van der Waals surface area contributed by atoms with Gasteiger partial charge in [-0.2, -0.15) is 0 Å². The van der Waals surface area contributed by atoms with E-state index in [1.54, 1.807) is 11.7 Å². The number of tetrazole rings is 1. The molecule has 3 aromatic rings. The topological polar surface area (TPSA) is 140 Å². The predicted molar refractivity (Wildman–Crippen MR) is 150 cm³/mol.